The van der Waals surface area contributed by atoms with E-state index in [0.29, 0.717) is 0 Å². The third-order valence-corrected chi connectivity index (χ3v) is 3.24. The molecule has 92 valence electrons. The van der Waals surface area contributed by atoms with Crippen molar-refractivity contribution in [2.24, 2.45) is 5.73 Å². The normalized spacial score (nSPS) is 22.2. The van der Waals surface area contributed by atoms with Crippen LogP contribution in [0.1, 0.15) is 37.8 Å². The molecule has 1 aromatic rings. The van der Waals surface area contributed by atoms with E-state index in [9.17, 15) is 4.79 Å². The van der Waals surface area contributed by atoms with Crippen molar-refractivity contribution in [2.45, 2.75) is 38.3 Å². The molecule has 4 heteroatoms. The molecule has 0 unspecified atom stereocenters. The van der Waals surface area contributed by atoms with E-state index in [4.69, 9.17) is 5.73 Å². The lowest BCUT2D eigenvalue weighted by Crippen LogP contribution is -2.46. The third kappa shape index (κ3) is 2.64. The molecule has 1 amide bonds. The van der Waals surface area contributed by atoms with Crippen LogP contribution in [0.2, 0.25) is 0 Å². The quantitative estimate of drug-likeness (QED) is 0.841. The van der Waals surface area contributed by atoms with Gasteiger partial charge in [-0.15, -0.1) is 0 Å². The van der Waals surface area contributed by atoms with E-state index in [0.717, 1.165) is 31.4 Å². The van der Waals surface area contributed by atoms with E-state index >= 15 is 0 Å². The van der Waals surface area contributed by atoms with Gasteiger partial charge in [-0.3, -0.25) is 9.78 Å². The summed E-state index contributed by atoms with van der Waals surface area (Å²) in [5.74, 6) is 0.0403. The average Bonchev–Trinajstić information content (AvgIpc) is 2.39. The Balaban J connectivity index is 2.21. The van der Waals surface area contributed by atoms with E-state index in [1.54, 1.807) is 13.1 Å². The van der Waals surface area contributed by atoms with Crippen LogP contribution in [0.3, 0.4) is 0 Å². The molecule has 0 aromatic carbocycles. The first kappa shape index (κ1) is 12.0. The van der Waals surface area contributed by atoms with E-state index in [2.05, 4.69) is 4.98 Å². The zero-order chi connectivity index (χ0) is 12.3. The second kappa shape index (κ2) is 5.27. The second-order valence-electron chi connectivity index (χ2n) is 4.62. The molecule has 0 aliphatic carbocycles. The molecule has 17 heavy (non-hydrogen) atoms. The minimum absolute atomic E-state index is 0.0403. The Kier molecular flexibility index (Phi) is 3.74. The number of carbonyl (C=O) groups excluding carboxylic acids is 1. The van der Waals surface area contributed by atoms with Crippen LogP contribution < -0.4 is 5.73 Å². The summed E-state index contributed by atoms with van der Waals surface area (Å²) in [6.07, 6.45) is 6.82. The molecular weight excluding hydrogens is 214 g/mol. The van der Waals surface area contributed by atoms with Crippen molar-refractivity contribution >= 4 is 5.91 Å². The maximum Gasteiger partial charge on any atom is 0.239 e. The van der Waals surface area contributed by atoms with E-state index in [1.807, 2.05) is 23.2 Å². The van der Waals surface area contributed by atoms with Gasteiger partial charge in [0.05, 0.1) is 12.1 Å². The highest BCUT2D eigenvalue weighted by Gasteiger charge is 2.29. The molecule has 0 radical (unpaired) electrons. The number of nitrogens with zero attached hydrogens (tertiary/aromatic N) is 2. The van der Waals surface area contributed by atoms with Gasteiger partial charge in [0.25, 0.3) is 0 Å². The summed E-state index contributed by atoms with van der Waals surface area (Å²) in [4.78, 5) is 18.1. The van der Waals surface area contributed by atoms with Crippen molar-refractivity contribution in [3.05, 3.63) is 30.1 Å². The maximum atomic E-state index is 12.1. The second-order valence-corrected chi connectivity index (χ2v) is 4.62. The molecule has 0 saturated carbocycles. The number of carbonyl (C=O) groups is 1. The fourth-order valence-electron chi connectivity index (χ4n) is 2.38. The van der Waals surface area contributed by atoms with Crippen LogP contribution in [-0.4, -0.2) is 28.4 Å². The molecule has 0 spiro atoms. The Labute approximate surface area is 102 Å². The third-order valence-electron chi connectivity index (χ3n) is 3.24. The van der Waals surface area contributed by atoms with Crippen LogP contribution >= 0.6 is 0 Å². The van der Waals surface area contributed by atoms with Gasteiger partial charge in [0.1, 0.15) is 0 Å². The minimum atomic E-state index is -0.424. The predicted octanol–water partition coefficient (Wildman–Crippen LogP) is 1.48. The smallest absolute Gasteiger partial charge is 0.239 e. The summed E-state index contributed by atoms with van der Waals surface area (Å²) in [5.41, 5.74) is 6.81. The SMILES string of the molecule is C[C@@H](N)C(=O)N1CCCC[C@H]1c1cccnc1. The lowest BCUT2D eigenvalue weighted by Gasteiger charge is -2.36. The summed E-state index contributed by atoms with van der Waals surface area (Å²) >= 11 is 0. The number of piperidine rings is 1. The largest absolute Gasteiger partial charge is 0.334 e. The molecule has 1 fully saturated rings. The van der Waals surface area contributed by atoms with Gasteiger partial charge in [0.15, 0.2) is 0 Å². The lowest BCUT2D eigenvalue weighted by atomic mass is 9.96. The lowest BCUT2D eigenvalue weighted by molar-refractivity contribution is -0.136. The number of rotatable bonds is 2. The molecule has 2 heterocycles. The van der Waals surface area contributed by atoms with Crippen LogP contribution in [0, 0.1) is 0 Å². The zero-order valence-corrected chi connectivity index (χ0v) is 10.2. The first-order chi connectivity index (χ1) is 8.20. The van der Waals surface area contributed by atoms with Crippen molar-refractivity contribution < 1.29 is 4.79 Å². The predicted molar refractivity (Wildman–Crippen MR) is 66.2 cm³/mol. The van der Waals surface area contributed by atoms with Crippen molar-refractivity contribution in [1.82, 2.24) is 9.88 Å². The molecule has 2 N–H and O–H groups in total. The number of hydrogen-bond donors (Lipinski definition) is 1. The van der Waals surface area contributed by atoms with Crippen LogP contribution in [0.15, 0.2) is 24.5 Å². The van der Waals surface area contributed by atoms with Gasteiger partial charge in [-0.2, -0.15) is 0 Å². The molecule has 1 aliphatic heterocycles. The van der Waals surface area contributed by atoms with Gasteiger partial charge in [-0.25, -0.2) is 0 Å². The van der Waals surface area contributed by atoms with Gasteiger partial charge in [-0.05, 0) is 37.8 Å². The Morgan fingerprint density at radius 3 is 3.06 bits per heavy atom. The number of amides is 1. The van der Waals surface area contributed by atoms with Crippen LogP contribution in [0.25, 0.3) is 0 Å². The fraction of sp³-hybridized carbons (Fsp3) is 0.538. The van der Waals surface area contributed by atoms with Gasteiger partial charge in [-0.1, -0.05) is 6.07 Å². The van der Waals surface area contributed by atoms with E-state index in [1.165, 1.54) is 0 Å². The van der Waals surface area contributed by atoms with E-state index in [-0.39, 0.29) is 11.9 Å². The molecule has 2 rings (SSSR count). The van der Waals surface area contributed by atoms with Crippen molar-refractivity contribution in [3.8, 4) is 0 Å². The van der Waals surface area contributed by atoms with Crippen LogP contribution in [0.5, 0.6) is 0 Å². The van der Waals surface area contributed by atoms with Crippen molar-refractivity contribution in [3.63, 3.8) is 0 Å². The standard InChI is InChI=1S/C13H19N3O/c1-10(14)13(17)16-8-3-2-6-12(16)11-5-4-7-15-9-11/h4-5,7,9-10,12H,2-3,6,8,14H2,1H3/t10-,12+/m1/s1. The summed E-state index contributed by atoms with van der Waals surface area (Å²) < 4.78 is 0. The van der Waals surface area contributed by atoms with Gasteiger partial charge in [0.2, 0.25) is 5.91 Å². The van der Waals surface area contributed by atoms with Crippen molar-refractivity contribution in [2.75, 3.05) is 6.54 Å². The van der Waals surface area contributed by atoms with Crippen molar-refractivity contribution in [1.29, 1.82) is 0 Å². The molecule has 4 nitrogen and oxygen atoms in total. The number of hydrogen-bond acceptors (Lipinski definition) is 3. The first-order valence-electron chi connectivity index (χ1n) is 6.16. The summed E-state index contributed by atoms with van der Waals surface area (Å²) in [5, 5.41) is 0. The van der Waals surface area contributed by atoms with Gasteiger partial charge < -0.3 is 10.6 Å². The number of pyridine rings is 1. The molecular formula is C13H19N3O. The fourth-order valence-corrected chi connectivity index (χ4v) is 2.38. The summed E-state index contributed by atoms with van der Waals surface area (Å²) in [6.45, 7) is 2.55. The Morgan fingerprint density at radius 2 is 2.41 bits per heavy atom. The molecule has 1 saturated heterocycles. The molecule has 1 aromatic heterocycles. The Hall–Kier alpha value is -1.42. The number of likely N-dealkylation sites (tertiary alicyclic amines) is 1. The maximum absolute atomic E-state index is 12.1. The topological polar surface area (TPSA) is 59.2 Å². The Morgan fingerprint density at radius 1 is 1.59 bits per heavy atom. The van der Waals surface area contributed by atoms with Crippen LogP contribution in [0.4, 0.5) is 0 Å². The van der Waals surface area contributed by atoms with E-state index < -0.39 is 6.04 Å². The molecule has 1 aliphatic rings. The molecule has 2 atom stereocenters. The highest BCUT2D eigenvalue weighted by molar-refractivity contribution is 5.81. The monoisotopic (exact) mass is 233 g/mol. The minimum Gasteiger partial charge on any atom is -0.334 e. The van der Waals surface area contributed by atoms with Gasteiger partial charge in [0, 0.05) is 18.9 Å². The first-order valence-corrected chi connectivity index (χ1v) is 6.16. The zero-order valence-electron chi connectivity index (χ0n) is 10.2. The number of aromatic nitrogens is 1. The average molecular weight is 233 g/mol. The number of nitrogens with two attached hydrogens (primary N) is 1. The van der Waals surface area contributed by atoms with Gasteiger partial charge >= 0.3 is 0 Å². The van der Waals surface area contributed by atoms with Crippen LogP contribution in [-0.2, 0) is 4.79 Å². The summed E-state index contributed by atoms with van der Waals surface area (Å²) in [6, 6.07) is 3.67. The Bertz CT molecular complexity index is 378. The highest BCUT2D eigenvalue weighted by Crippen LogP contribution is 2.30. The summed E-state index contributed by atoms with van der Waals surface area (Å²) in [7, 11) is 0. The highest BCUT2D eigenvalue weighted by atomic mass is 16.2. The molecule has 0 bridgehead atoms.